The van der Waals surface area contributed by atoms with E-state index in [-0.39, 0.29) is 24.9 Å². The molecule has 0 aliphatic heterocycles. The summed E-state index contributed by atoms with van der Waals surface area (Å²) in [7, 11) is 0. The first-order chi connectivity index (χ1) is 30.0. The number of nitrogens with one attached hydrogen (secondary N) is 1. The van der Waals surface area contributed by atoms with Crippen LogP contribution in [0.3, 0.4) is 0 Å². The molecule has 6 heteroatoms. The fourth-order valence-electron chi connectivity index (χ4n) is 8.42. The summed E-state index contributed by atoms with van der Waals surface area (Å²) in [4.78, 5) is 26.2. The molecule has 0 aromatic heterocycles. The van der Waals surface area contributed by atoms with Crippen LogP contribution in [0.1, 0.15) is 290 Å². The molecule has 0 saturated carbocycles. The van der Waals surface area contributed by atoms with Gasteiger partial charge in [0.1, 0.15) is 6.10 Å². The van der Waals surface area contributed by atoms with Gasteiger partial charge in [-0.15, -0.1) is 0 Å². The van der Waals surface area contributed by atoms with Gasteiger partial charge in [-0.2, -0.15) is 0 Å². The highest BCUT2D eigenvalue weighted by molar-refractivity contribution is 5.77. The lowest BCUT2D eigenvalue weighted by molar-refractivity contribution is -0.151. The maximum Gasteiger partial charge on any atom is 0.306 e. The third-order valence-corrected chi connectivity index (χ3v) is 12.6. The molecule has 0 spiro atoms. The van der Waals surface area contributed by atoms with Gasteiger partial charge in [0.25, 0.3) is 0 Å². The predicted molar refractivity (Wildman–Crippen MR) is 264 cm³/mol. The summed E-state index contributed by atoms with van der Waals surface area (Å²) in [6, 6.07) is -0.705. The Balaban J connectivity index is 4.58. The number of amides is 1. The lowest BCUT2D eigenvalue weighted by Crippen LogP contribution is -2.46. The lowest BCUT2D eigenvalue weighted by atomic mass is 10.0. The second-order valence-electron chi connectivity index (χ2n) is 18.7. The van der Waals surface area contributed by atoms with Gasteiger partial charge in [-0.3, -0.25) is 9.59 Å². The zero-order valence-electron chi connectivity index (χ0n) is 41.1. The molecule has 0 heterocycles. The van der Waals surface area contributed by atoms with Crippen molar-refractivity contribution in [2.75, 3.05) is 6.61 Å². The first kappa shape index (κ1) is 59.3. The predicted octanol–water partition coefficient (Wildman–Crippen LogP) is 16.3. The first-order valence-electron chi connectivity index (χ1n) is 27.1. The van der Waals surface area contributed by atoms with Gasteiger partial charge in [0, 0.05) is 6.42 Å². The fourth-order valence-corrected chi connectivity index (χ4v) is 8.42. The minimum absolute atomic E-state index is 0.0651. The zero-order chi connectivity index (χ0) is 44.5. The molecule has 3 unspecified atom stereocenters. The number of carbonyl (C=O) groups excluding carboxylic acids is 2. The van der Waals surface area contributed by atoms with E-state index in [4.69, 9.17) is 4.74 Å². The SMILES string of the molecule is CCCCCCCCC/C=C/C=C/CCCCCC(CC(=O)NC(CO)C(O)CCCCCCCCCCCC)OC(=O)CCCCCCCCCCCCCCCCCC. The van der Waals surface area contributed by atoms with E-state index in [2.05, 4.69) is 50.4 Å². The van der Waals surface area contributed by atoms with Crippen LogP contribution in [0.5, 0.6) is 0 Å². The first-order valence-corrected chi connectivity index (χ1v) is 27.1. The van der Waals surface area contributed by atoms with Gasteiger partial charge in [-0.05, 0) is 51.4 Å². The number of esters is 1. The maximum atomic E-state index is 13.2. The number of aliphatic hydroxyl groups excluding tert-OH is 2. The highest BCUT2D eigenvalue weighted by Gasteiger charge is 2.24. The Morgan fingerprint density at radius 1 is 0.475 bits per heavy atom. The van der Waals surface area contributed by atoms with Crippen LogP contribution < -0.4 is 5.32 Å². The van der Waals surface area contributed by atoms with E-state index in [1.807, 2.05) is 0 Å². The van der Waals surface area contributed by atoms with Crippen molar-refractivity contribution in [3.63, 3.8) is 0 Å². The molecule has 0 aliphatic rings. The van der Waals surface area contributed by atoms with Gasteiger partial charge in [0.05, 0.1) is 25.2 Å². The van der Waals surface area contributed by atoms with Gasteiger partial charge in [-0.25, -0.2) is 0 Å². The van der Waals surface area contributed by atoms with Crippen LogP contribution in [0, 0.1) is 0 Å². The number of aliphatic hydroxyl groups is 2. The Labute approximate surface area is 380 Å². The lowest BCUT2D eigenvalue weighted by Gasteiger charge is -2.24. The molecule has 0 fully saturated rings. The highest BCUT2D eigenvalue weighted by Crippen LogP contribution is 2.18. The molecule has 0 radical (unpaired) electrons. The number of hydrogen-bond acceptors (Lipinski definition) is 5. The van der Waals surface area contributed by atoms with E-state index in [0.29, 0.717) is 19.3 Å². The van der Waals surface area contributed by atoms with Crippen molar-refractivity contribution >= 4 is 11.9 Å². The fraction of sp³-hybridized carbons (Fsp3) is 0.891. The second kappa shape index (κ2) is 49.4. The summed E-state index contributed by atoms with van der Waals surface area (Å²) < 4.78 is 5.94. The minimum Gasteiger partial charge on any atom is -0.462 e. The Bertz CT molecular complexity index is 966. The van der Waals surface area contributed by atoms with E-state index in [0.717, 1.165) is 70.6 Å². The summed E-state index contributed by atoms with van der Waals surface area (Å²) in [6.07, 6.45) is 56.7. The molecule has 3 N–H and O–H groups in total. The second-order valence-corrected chi connectivity index (χ2v) is 18.7. The van der Waals surface area contributed by atoms with Crippen LogP contribution >= 0.6 is 0 Å². The quantitative estimate of drug-likeness (QED) is 0.0322. The summed E-state index contributed by atoms with van der Waals surface area (Å²) in [5.74, 6) is -0.485. The molecule has 0 aliphatic carbocycles. The number of rotatable bonds is 49. The van der Waals surface area contributed by atoms with Gasteiger partial charge in [-0.1, -0.05) is 251 Å². The van der Waals surface area contributed by atoms with Crippen molar-refractivity contribution in [1.29, 1.82) is 0 Å². The van der Waals surface area contributed by atoms with Crippen LogP contribution in [0.4, 0.5) is 0 Å². The Morgan fingerprint density at radius 3 is 1.23 bits per heavy atom. The van der Waals surface area contributed by atoms with Crippen LogP contribution in [0.15, 0.2) is 24.3 Å². The number of allylic oxidation sites excluding steroid dienone is 4. The van der Waals surface area contributed by atoms with E-state index < -0.39 is 18.2 Å². The van der Waals surface area contributed by atoms with Crippen molar-refractivity contribution in [1.82, 2.24) is 5.32 Å². The largest absolute Gasteiger partial charge is 0.462 e. The van der Waals surface area contributed by atoms with Gasteiger partial charge < -0.3 is 20.3 Å². The Morgan fingerprint density at radius 2 is 0.820 bits per heavy atom. The van der Waals surface area contributed by atoms with Crippen molar-refractivity contribution < 1.29 is 24.5 Å². The number of unbranched alkanes of at least 4 members (excludes halogenated alkanes) is 34. The Hall–Kier alpha value is -1.66. The molecule has 0 rings (SSSR count). The average Bonchev–Trinajstić information content (AvgIpc) is 3.25. The average molecular weight is 860 g/mol. The van der Waals surface area contributed by atoms with E-state index in [9.17, 15) is 19.8 Å². The molecule has 61 heavy (non-hydrogen) atoms. The molecule has 1 amide bonds. The molecule has 6 nitrogen and oxygen atoms in total. The molecule has 0 aromatic carbocycles. The Kier molecular flexibility index (Phi) is 48.0. The molecule has 0 bridgehead atoms. The van der Waals surface area contributed by atoms with Gasteiger partial charge >= 0.3 is 5.97 Å². The monoisotopic (exact) mass is 860 g/mol. The summed E-state index contributed by atoms with van der Waals surface area (Å²) in [5.41, 5.74) is 0. The smallest absolute Gasteiger partial charge is 0.306 e. The number of carbonyl (C=O) groups is 2. The normalized spacial score (nSPS) is 13.3. The molecular formula is C55H105NO5. The third kappa shape index (κ3) is 44.7. The molecule has 0 aromatic rings. The molecule has 0 saturated heterocycles. The highest BCUT2D eigenvalue weighted by atomic mass is 16.5. The topological polar surface area (TPSA) is 95.9 Å². The summed E-state index contributed by atoms with van der Waals surface area (Å²) in [5, 5.41) is 23.7. The van der Waals surface area contributed by atoms with Crippen LogP contribution in [-0.4, -0.2) is 46.9 Å². The summed E-state index contributed by atoms with van der Waals surface area (Å²) >= 11 is 0. The number of ether oxygens (including phenoxy) is 1. The van der Waals surface area contributed by atoms with Crippen LogP contribution in [0.2, 0.25) is 0 Å². The van der Waals surface area contributed by atoms with Crippen molar-refractivity contribution in [3.8, 4) is 0 Å². The molecule has 360 valence electrons. The molecule has 3 atom stereocenters. The number of hydrogen-bond donors (Lipinski definition) is 3. The van der Waals surface area contributed by atoms with E-state index in [1.165, 1.54) is 173 Å². The molecular weight excluding hydrogens is 755 g/mol. The van der Waals surface area contributed by atoms with Crippen molar-refractivity contribution in [2.45, 2.75) is 309 Å². The minimum atomic E-state index is -0.790. The third-order valence-electron chi connectivity index (χ3n) is 12.6. The van der Waals surface area contributed by atoms with Gasteiger partial charge in [0.2, 0.25) is 5.91 Å². The van der Waals surface area contributed by atoms with Crippen LogP contribution in [0.25, 0.3) is 0 Å². The van der Waals surface area contributed by atoms with Gasteiger partial charge in [0.15, 0.2) is 0 Å². The van der Waals surface area contributed by atoms with E-state index >= 15 is 0 Å². The van der Waals surface area contributed by atoms with Crippen molar-refractivity contribution in [3.05, 3.63) is 24.3 Å². The standard InChI is InChI=1S/C55H105NO5/c1-4-7-10-13-16-19-22-24-26-28-30-32-34-37-40-43-46-51(49-54(59)56-52(50-57)53(58)47-44-41-38-35-21-18-15-12-9-6-3)61-55(60)48-45-42-39-36-33-31-29-27-25-23-20-17-14-11-8-5-2/h26,28,30,32,51-53,57-58H,4-25,27,29,31,33-50H2,1-3H3,(H,56,59)/b28-26+,32-30+. The van der Waals surface area contributed by atoms with Crippen molar-refractivity contribution in [2.24, 2.45) is 0 Å². The zero-order valence-corrected chi connectivity index (χ0v) is 41.1. The summed E-state index contributed by atoms with van der Waals surface area (Å²) in [6.45, 7) is 6.48. The maximum absolute atomic E-state index is 13.2. The van der Waals surface area contributed by atoms with Crippen LogP contribution in [-0.2, 0) is 14.3 Å². The van der Waals surface area contributed by atoms with E-state index in [1.54, 1.807) is 0 Å².